The lowest BCUT2D eigenvalue weighted by Gasteiger charge is -2.12. The summed E-state index contributed by atoms with van der Waals surface area (Å²) in [5, 5.41) is 15.5. The van der Waals surface area contributed by atoms with Gasteiger partial charge < -0.3 is 10.1 Å². The van der Waals surface area contributed by atoms with Crippen molar-refractivity contribution in [3.8, 4) is 11.6 Å². The molecule has 2 aromatic heterocycles. The van der Waals surface area contributed by atoms with Crippen LogP contribution in [0.25, 0.3) is 5.82 Å². The van der Waals surface area contributed by atoms with E-state index in [1.807, 2.05) is 13.8 Å². The minimum atomic E-state index is -3.72. The molecule has 0 saturated carbocycles. The molecule has 2 aromatic carbocycles. The van der Waals surface area contributed by atoms with Crippen molar-refractivity contribution in [2.24, 2.45) is 0 Å². The van der Waals surface area contributed by atoms with Crippen molar-refractivity contribution in [3.63, 3.8) is 0 Å². The first kappa shape index (κ1) is 21.3. The van der Waals surface area contributed by atoms with Crippen LogP contribution in [0.5, 0.6) is 5.75 Å². The number of hydrogen-bond donors (Lipinski definition) is 2. The Morgan fingerprint density at radius 2 is 1.78 bits per heavy atom. The molecule has 32 heavy (non-hydrogen) atoms. The van der Waals surface area contributed by atoms with Crippen molar-refractivity contribution < 1.29 is 13.2 Å². The van der Waals surface area contributed by atoms with Crippen molar-refractivity contribution in [2.75, 3.05) is 16.6 Å². The van der Waals surface area contributed by atoms with Gasteiger partial charge in [-0.2, -0.15) is 5.10 Å². The first-order valence-corrected chi connectivity index (χ1v) is 11.4. The van der Waals surface area contributed by atoms with Crippen molar-refractivity contribution in [2.45, 2.75) is 18.7 Å². The number of benzene rings is 2. The number of sulfonamides is 1. The zero-order valence-electron chi connectivity index (χ0n) is 17.6. The van der Waals surface area contributed by atoms with Crippen molar-refractivity contribution in [3.05, 3.63) is 78.6 Å². The summed E-state index contributed by atoms with van der Waals surface area (Å²) in [4.78, 5) is 0.174. The van der Waals surface area contributed by atoms with Crippen LogP contribution in [-0.2, 0) is 10.0 Å². The summed E-state index contributed by atoms with van der Waals surface area (Å²) in [6, 6.07) is 17.0. The molecule has 0 spiro atoms. The monoisotopic (exact) mass is 450 g/mol. The quantitative estimate of drug-likeness (QED) is 0.419. The number of nitrogens with zero attached hydrogens (tertiary/aromatic N) is 4. The van der Waals surface area contributed by atoms with E-state index in [0.717, 1.165) is 11.3 Å². The smallest absolute Gasteiger partial charge is 0.261 e. The fourth-order valence-electron chi connectivity index (χ4n) is 3.01. The maximum atomic E-state index is 12.7. The van der Waals surface area contributed by atoms with Gasteiger partial charge in [0.2, 0.25) is 0 Å². The molecule has 0 amide bonds. The average molecular weight is 451 g/mol. The van der Waals surface area contributed by atoms with Crippen LogP contribution in [0.1, 0.15) is 12.5 Å². The Bertz CT molecular complexity index is 1290. The third-order valence-corrected chi connectivity index (χ3v) is 5.93. The number of aryl methyl sites for hydroxylation is 1. The van der Waals surface area contributed by atoms with Crippen LogP contribution in [-0.4, -0.2) is 35.0 Å². The highest BCUT2D eigenvalue weighted by Crippen LogP contribution is 2.24. The number of anilines is 3. The number of rotatable bonds is 8. The lowest BCUT2D eigenvalue weighted by molar-refractivity contribution is 0.337. The molecule has 0 saturated heterocycles. The summed E-state index contributed by atoms with van der Waals surface area (Å²) in [6.45, 7) is 4.22. The molecule has 164 valence electrons. The predicted octanol–water partition coefficient (Wildman–Crippen LogP) is 3.91. The molecule has 0 fully saturated rings. The van der Waals surface area contributed by atoms with E-state index in [4.69, 9.17) is 4.74 Å². The Labute approximate surface area is 186 Å². The number of aromatic nitrogens is 4. The summed E-state index contributed by atoms with van der Waals surface area (Å²) in [5.41, 5.74) is 1.95. The molecule has 10 heteroatoms. The number of hydrogen-bond acceptors (Lipinski definition) is 7. The molecule has 4 rings (SSSR count). The summed E-state index contributed by atoms with van der Waals surface area (Å²) >= 11 is 0. The molecule has 4 aromatic rings. The Hall–Kier alpha value is -3.92. The molecule has 2 heterocycles. The zero-order chi connectivity index (χ0) is 22.6. The van der Waals surface area contributed by atoms with E-state index in [0.29, 0.717) is 29.7 Å². The van der Waals surface area contributed by atoms with Crippen LogP contribution in [0.4, 0.5) is 17.2 Å². The van der Waals surface area contributed by atoms with Crippen LogP contribution in [0.3, 0.4) is 0 Å². The average Bonchev–Trinajstić information content (AvgIpc) is 3.32. The van der Waals surface area contributed by atoms with Crippen LogP contribution < -0.4 is 14.8 Å². The molecule has 0 atom stereocenters. The Morgan fingerprint density at radius 3 is 2.41 bits per heavy atom. The summed E-state index contributed by atoms with van der Waals surface area (Å²) in [5.74, 6) is 1.83. The molecule has 2 N–H and O–H groups in total. The number of ether oxygens (including phenoxy) is 1. The second kappa shape index (κ2) is 9.06. The number of nitrogens with one attached hydrogen (secondary N) is 2. The van der Waals surface area contributed by atoms with Crippen LogP contribution >= 0.6 is 0 Å². The van der Waals surface area contributed by atoms with E-state index in [2.05, 4.69) is 25.3 Å². The van der Waals surface area contributed by atoms with Gasteiger partial charge in [0.1, 0.15) is 5.75 Å². The van der Waals surface area contributed by atoms with Crippen molar-refractivity contribution in [1.29, 1.82) is 0 Å². The molecule has 0 aliphatic carbocycles. The van der Waals surface area contributed by atoms with E-state index in [9.17, 15) is 8.42 Å². The third kappa shape index (κ3) is 4.86. The lowest BCUT2D eigenvalue weighted by Crippen LogP contribution is -2.13. The molecule has 0 radical (unpaired) electrons. The van der Waals surface area contributed by atoms with Crippen LogP contribution in [0.2, 0.25) is 0 Å². The van der Waals surface area contributed by atoms with Gasteiger partial charge in [0.15, 0.2) is 11.6 Å². The highest BCUT2D eigenvalue weighted by molar-refractivity contribution is 7.92. The lowest BCUT2D eigenvalue weighted by atomic mass is 10.2. The predicted molar refractivity (Wildman–Crippen MR) is 122 cm³/mol. The first-order chi connectivity index (χ1) is 15.4. The minimum Gasteiger partial charge on any atom is -0.494 e. The third-order valence-electron chi connectivity index (χ3n) is 4.56. The van der Waals surface area contributed by atoms with Crippen LogP contribution in [0.15, 0.2) is 78.0 Å². The largest absolute Gasteiger partial charge is 0.494 e. The van der Waals surface area contributed by atoms with Crippen LogP contribution in [0, 0.1) is 6.92 Å². The van der Waals surface area contributed by atoms with E-state index >= 15 is 0 Å². The van der Waals surface area contributed by atoms with Gasteiger partial charge in [-0.25, -0.2) is 13.1 Å². The van der Waals surface area contributed by atoms with Gasteiger partial charge in [-0.3, -0.25) is 4.72 Å². The maximum Gasteiger partial charge on any atom is 0.261 e. The zero-order valence-corrected chi connectivity index (χ0v) is 18.4. The first-order valence-electron chi connectivity index (χ1n) is 9.92. The fraction of sp³-hybridized carbons (Fsp3) is 0.136. The molecule has 0 aliphatic rings. The highest BCUT2D eigenvalue weighted by atomic mass is 32.2. The summed E-state index contributed by atoms with van der Waals surface area (Å²) < 4.78 is 35.2. The molecule has 0 aliphatic heterocycles. The van der Waals surface area contributed by atoms with E-state index < -0.39 is 10.0 Å². The summed E-state index contributed by atoms with van der Waals surface area (Å²) in [7, 11) is -3.72. The van der Waals surface area contributed by atoms with Gasteiger partial charge in [0.25, 0.3) is 10.0 Å². The summed E-state index contributed by atoms with van der Waals surface area (Å²) in [6.07, 6.45) is 3.45. The standard InChI is InChI=1S/C22H22N6O3S/c1-3-31-20-10-9-19(15-16(20)2)32(29,30)27-18-7-5-17(6-8-18)24-21-11-12-22(26-25-21)28-14-4-13-23-28/h4-15,27H,3H2,1-2H3,(H,24,25). The van der Waals surface area contributed by atoms with Gasteiger partial charge in [0.05, 0.1) is 11.5 Å². The van der Waals surface area contributed by atoms with Gasteiger partial charge >= 0.3 is 0 Å². The van der Waals surface area contributed by atoms with Crippen molar-refractivity contribution in [1.82, 2.24) is 20.0 Å². The molecule has 0 bridgehead atoms. The molecular weight excluding hydrogens is 428 g/mol. The second-order valence-electron chi connectivity index (χ2n) is 6.90. The van der Waals surface area contributed by atoms with Gasteiger partial charge in [-0.15, -0.1) is 10.2 Å². The van der Waals surface area contributed by atoms with Gasteiger partial charge in [-0.05, 0) is 80.1 Å². The molecule has 9 nitrogen and oxygen atoms in total. The molecule has 0 unspecified atom stereocenters. The topological polar surface area (TPSA) is 111 Å². The maximum absolute atomic E-state index is 12.7. The van der Waals surface area contributed by atoms with Crippen molar-refractivity contribution >= 4 is 27.2 Å². The Balaban J connectivity index is 1.42. The Kier molecular flexibility index (Phi) is 6.04. The molecular formula is C22H22N6O3S. The fourth-order valence-corrected chi connectivity index (χ4v) is 4.15. The van der Waals surface area contributed by atoms with Gasteiger partial charge in [-0.1, -0.05) is 0 Å². The van der Waals surface area contributed by atoms with E-state index in [1.165, 1.54) is 6.07 Å². The SMILES string of the molecule is CCOc1ccc(S(=O)(=O)Nc2ccc(Nc3ccc(-n4cccn4)nn3)cc2)cc1C. The van der Waals surface area contributed by atoms with E-state index in [1.54, 1.807) is 71.7 Å². The minimum absolute atomic E-state index is 0.174. The second-order valence-corrected chi connectivity index (χ2v) is 8.58. The van der Waals surface area contributed by atoms with Gasteiger partial charge in [0, 0.05) is 23.8 Å². The normalized spacial score (nSPS) is 11.2. The Morgan fingerprint density at radius 1 is 1.00 bits per heavy atom. The highest BCUT2D eigenvalue weighted by Gasteiger charge is 2.16. The van der Waals surface area contributed by atoms with E-state index in [-0.39, 0.29) is 4.90 Å².